The lowest BCUT2D eigenvalue weighted by atomic mass is 9.84. The molecule has 0 unspecified atom stereocenters. The molecule has 0 spiro atoms. The Bertz CT molecular complexity index is 11300. The molecule has 0 aliphatic heterocycles. The van der Waals surface area contributed by atoms with Crippen LogP contribution in [-0.4, -0.2) is 0 Å². The summed E-state index contributed by atoms with van der Waals surface area (Å²) in [4.78, 5) is 0. The van der Waals surface area contributed by atoms with E-state index in [-0.39, 0.29) is 137 Å². The summed E-state index contributed by atoms with van der Waals surface area (Å²) in [5.41, 5.74) is 16.4. The van der Waals surface area contributed by atoms with Gasteiger partial charge in [0.15, 0.2) is 0 Å². The van der Waals surface area contributed by atoms with Gasteiger partial charge in [0, 0.05) is 48.5 Å². The first-order chi connectivity index (χ1) is 78.9. The van der Waals surface area contributed by atoms with Gasteiger partial charge < -0.3 is 13.3 Å². The van der Waals surface area contributed by atoms with Crippen molar-refractivity contribution in [3.05, 3.63) is 509 Å². The fraction of sp³-hybridized carbons (Fsp3) is 0. The second-order valence-corrected chi connectivity index (χ2v) is 34.8. The second kappa shape index (κ2) is 33.4. The summed E-state index contributed by atoms with van der Waals surface area (Å²) in [6.45, 7) is 0. The highest BCUT2D eigenvalue weighted by Crippen LogP contribution is 2.52. The lowest BCUT2D eigenvalue weighted by molar-refractivity contribution is 0.672. The minimum absolute atomic E-state index is 0.164. The van der Waals surface area contributed by atoms with Crippen molar-refractivity contribution in [2.24, 2.45) is 0 Å². The van der Waals surface area contributed by atoms with Gasteiger partial charge >= 0.3 is 0 Å². The van der Waals surface area contributed by atoms with Crippen molar-refractivity contribution in [2.45, 2.75) is 0 Å². The van der Waals surface area contributed by atoms with Gasteiger partial charge in [-0.25, -0.2) is 0 Å². The number of benzene rings is 26. The molecule has 0 atom stereocenters. The van der Waals surface area contributed by atoms with E-state index in [1.54, 1.807) is 18.2 Å². The van der Waals surface area contributed by atoms with Crippen molar-refractivity contribution >= 4 is 174 Å². The van der Waals surface area contributed by atoms with E-state index < -0.39 is 72.5 Å². The molecule has 3 heterocycles. The monoisotopic (exact) mass is 1790 g/mol. The fourth-order valence-electron chi connectivity index (χ4n) is 20.7. The van der Waals surface area contributed by atoms with Gasteiger partial charge in [0.25, 0.3) is 0 Å². The predicted molar refractivity (Wildman–Crippen MR) is 591 cm³/mol. The van der Waals surface area contributed by atoms with E-state index in [2.05, 4.69) is 6.07 Å². The van der Waals surface area contributed by atoms with Gasteiger partial charge in [0.1, 0.15) is 33.5 Å². The molecule has 139 heavy (non-hydrogen) atoms. The molecule has 0 N–H and O–H groups in total. The Morgan fingerprint density at radius 2 is 0.367 bits per heavy atom. The molecule has 0 saturated heterocycles. The molecule has 3 nitrogen and oxygen atoms in total. The molecule has 0 aliphatic carbocycles. The molecule has 0 fully saturated rings. The van der Waals surface area contributed by atoms with Crippen LogP contribution in [0.25, 0.3) is 285 Å². The summed E-state index contributed by atoms with van der Waals surface area (Å²) >= 11 is 0. The molecule has 3 aromatic heterocycles. The molecule has 0 bridgehead atoms. The molecular weight excluding hydrogens is 1680 g/mol. The lowest BCUT2D eigenvalue weighted by Gasteiger charge is -2.19. The summed E-state index contributed by atoms with van der Waals surface area (Å²) in [6, 6.07) is 108. The Morgan fingerprint density at radius 3 is 0.698 bits per heavy atom. The van der Waals surface area contributed by atoms with Crippen LogP contribution in [0.3, 0.4) is 0 Å². The van der Waals surface area contributed by atoms with Crippen LogP contribution in [-0.2, 0) is 0 Å². The topological polar surface area (TPSA) is 39.4 Å². The maximum absolute atomic E-state index is 9.50. The van der Waals surface area contributed by atoms with Gasteiger partial charge in [-0.3, -0.25) is 0 Å². The third kappa shape index (κ3) is 13.7. The fourth-order valence-corrected chi connectivity index (χ4v) is 20.7. The first kappa shape index (κ1) is 59.4. The summed E-state index contributed by atoms with van der Waals surface area (Å²) < 4.78 is 238. The first-order valence-electron chi connectivity index (χ1n) is 57.8. The third-order valence-corrected chi connectivity index (χ3v) is 27.0. The number of fused-ring (bicyclic) bond motifs is 22. The largest absolute Gasteiger partial charge is 0.455 e. The van der Waals surface area contributed by atoms with Crippen LogP contribution >= 0.6 is 0 Å². The molecule has 26 aromatic carbocycles. The van der Waals surface area contributed by atoms with Crippen molar-refractivity contribution in [1.82, 2.24) is 0 Å². The minimum Gasteiger partial charge on any atom is -0.455 e. The molecule has 0 aliphatic rings. The molecular formula is C136H84O3. The zero-order chi connectivity index (χ0) is 112. The van der Waals surface area contributed by atoms with Crippen LogP contribution in [0.15, 0.2) is 522 Å². The van der Waals surface area contributed by atoms with Crippen LogP contribution in [0, 0.1) is 0 Å². The number of hydrogen-bond acceptors (Lipinski definition) is 3. The summed E-state index contributed by atoms with van der Waals surface area (Å²) in [7, 11) is 0. The summed E-state index contributed by atoms with van der Waals surface area (Å²) in [5.74, 6) is 0. The molecule has 0 amide bonds. The molecule has 29 aromatic rings. The molecule has 0 saturated carbocycles. The second-order valence-electron chi connectivity index (χ2n) is 34.8. The average molecular weight is 1790 g/mol. The highest BCUT2D eigenvalue weighted by atomic mass is 16.3. The number of furan rings is 3. The van der Waals surface area contributed by atoms with Crippen molar-refractivity contribution in [3.63, 3.8) is 0 Å². The number of rotatable bonds is 10. The summed E-state index contributed by atoms with van der Waals surface area (Å²) in [5, 5.41) is 14.7. The SMILES string of the molecule is [2H]c1c([2H])c([2H])c2c(-c3ccc4oc5c6ccccc6ccc5c4c3)c3c([2H])c([2H])c([2H])c([2H])c3c(-c3cc(-c4ccccc4)c4ccccc4c3)c2c1[2H].[2H]c1c([2H])c([2H])c2c(-c3ccc4oc5c6ccccc6ccc5c4c3)c3c([2H])c([2H])c([2H])c([2H])c3c(-c3cc(-c4ccccc4)cc(-c4ccccc4)c3)c2c1[2H].[2H]c1c([2H])c([2H])c2c(-c3ccc4oc5c6ccccc6ccc5c4c3)c3c([2H])c([2H])c([2H])c([2H])c3c(-c3ccc(-c4ccccc4)cc3)c2c1[2H]. The number of hydrogen-bond donors (Lipinski definition) is 0. The van der Waals surface area contributed by atoms with Gasteiger partial charge in [-0.15, -0.1) is 0 Å². The zero-order valence-corrected chi connectivity index (χ0v) is 73.9. The van der Waals surface area contributed by atoms with Crippen molar-refractivity contribution in [1.29, 1.82) is 0 Å². The first-order valence-corrected chi connectivity index (χ1v) is 45.8. The predicted octanol–water partition coefficient (Wildman–Crippen LogP) is 39.0. The average Bonchev–Trinajstić information content (AvgIpc) is 1.15. The van der Waals surface area contributed by atoms with Crippen molar-refractivity contribution in [3.8, 4) is 111 Å². The van der Waals surface area contributed by atoms with Crippen LogP contribution in [0.4, 0.5) is 0 Å². The molecule has 646 valence electrons. The zero-order valence-electron chi connectivity index (χ0n) is 97.9. The lowest BCUT2D eigenvalue weighted by Crippen LogP contribution is -1.92. The molecule has 0 radical (unpaired) electrons. The van der Waals surface area contributed by atoms with E-state index in [9.17, 15) is 16.4 Å². The summed E-state index contributed by atoms with van der Waals surface area (Å²) in [6.07, 6.45) is 0. The van der Waals surface area contributed by atoms with E-state index in [0.29, 0.717) is 100 Å². The highest BCUT2D eigenvalue weighted by Gasteiger charge is 2.26. The normalized spacial score (nSPS) is 14.2. The van der Waals surface area contributed by atoms with E-state index in [1.165, 1.54) is 0 Å². The Labute approximate surface area is 835 Å². The van der Waals surface area contributed by atoms with Crippen LogP contribution in [0.2, 0.25) is 0 Å². The Morgan fingerprint density at radius 1 is 0.129 bits per heavy atom. The van der Waals surface area contributed by atoms with Gasteiger partial charge in [0.2, 0.25) is 0 Å². The molecule has 3 heteroatoms. The quantitative estimate of drug-likeness (QED) is 0.128. The smallest absolute Gasteiger partial charge is 0.143 e. The van der Waals surface area contributed by atoms with Gasteiger partial charge in [-0.1, -0.05) is 424 Å². The van der Waals surface area contributed by atoms with E-state index in [1.807, 2.05) is 340 Å². The molecule has 29 rings (SSSR count). The Kier molecular flexibility index (Phi) is 14.3. The highest BCUT2D eigenvalue weighted by molar-refractivity contribution is 6.28. The van der Waals surface area contributed by atoms with E-state index >= 15 is 0 Å². The van der Waals surface area contributed by atoms with Crippen molar-refractivity contribution < 1.29 is 46.1 Å². The Hall–Kier alpha value is -18.3. The third-order valence-electron chi connectivity index (χ3n) is 27.0. The van der Waals surface area contributed by atoms with Gasteiger partial charge in [-0.05, 0) is 288 Å². The van der Waals surface area contributed by atoms with Gasteiger partial charge in [-0.2, -0.15) is 0 Å². The van der Waals surface area contributed by atoms with Crippen LogP contribution < -0.4 is 0 Å². The minimum atomic E-state index is -0.441. The standard InChI is InChI=1S/C48H30O.C46H28O.C42H26O/c1-3-13-31(14-4-1)35-27-36(32-15-5-2-6-16-32)29-37(28-35)47-41-21-11-9-19-39(41)46(40-20-10-12-22-42(40)47)34-24-26-45-44(30-34)43-25-23-33-17-7-8-18-38(33)48(43)49-45;1-2-12-29(13-3-1)41-28-33(26-31-15-5-6-16-34(31)41)45-38-20-10-8-18-36(38)44(37-19-9-11-21-39(37)45)32-23-25-43-42(27-32)40-24-22-30-14-4-7-17-35(30)46(40)47-43;1-2-10-27(11-3-1)28-18-20-30(21-19-28)40-33-14-6-8-16-35(33)41(36-17-9-7-15-34(36)40)31-23-25-39-38(26-31)37-24-22-29-12-4-5-13-32(29)42(37)43-39/h1-30H;1-28H;1-26H/i9D,10D,11D,12D,19D,20D,21D,22D;8D,9D,10D,11D,18D,19D,20D,21D;6D,7D,8D,9D,14D,15D,16D,17D. The maximum atomic E-state index is 9.50. The van der Waals surface area contributed by atoms with Crippen molar-refractivity contribution in [2.75, 3.05) is 0 Å². The van der Waals surface area contributed by atoms with Crippen LogP contribution in [0.1, 0.15) is 32.9 Å². The van der Waals surface area contributed by atoms with Crippen LogP contribution in [0.5, 0.6) is 0 Å². The van der Waals surface area contributed by atoms with E-state index in [0.717, 1.165) is 120 Å². The van der Waals surface area contributed by atoms with E-state index in [4.69, 9.17) is 29.7 Å². The maximum Gasteiger partial charge on any atom is 0.143 e. The van der Waals surface area contributed by atoms with Gasteiger partial charge in [0.05, 0.1) is 32.9 Å². The Balaban J connectivity index is 0.000000118.